The molecule has 6 heteroatoms. The fraction of sp³-hybridized carbons (Fsp3) is 0.222. The van der Waals surface area contributed by atoms with Crippen LogP contribution in [-0.2, 0) is 0 Å². The Bertz CT molecular complexity index is 424. The zero-order valence-corrected chi connectivity index (χ0v) is 8.31. The fourth-order valence-corrected chi connectivity index (χ4v) is 1.46. The molecule has 0 saturated carbocycles. The van der Waals surface area contributed by atoms with Crippen LogP contribution in [0.4, 0.5) is 0 Å². The van der Waals surface area contributed by atoms with Crippen LogP contribution in [0.3, 0.4) is 0 Å². The zero-order valence-electron chi connectivity index (χ0n) is 8.31. The van der Waals surface area contributed by atoms with Crippen LogP contribution in [0.25, 0.3) is 0 Å². The summed E-state index contributed by atoms with van der Waals surface area (Å²) in [5.41, 5.74) is 5.54. The summed E-state index contributed by atoms with van der Waals surface area (Å²) in [6.45, 7) is 2.00. The predicted octanol–water partition coefficient (Wildman–Crippen LogP) is 0.0608. The van der Waals surface area contributed by atoms with Gasteiger partial charge in [-0.25, -0.2) is 5.43 Å². The highest BCUT2D eigenvalue weighted by atomic mass is 15.3. The van der Waals surface area contributed by atoms with Gasteiger partial charge in [-0.3, -0.25) is 10.8 Å². The van der Waals surface area contributed by atoms with E-state index in [1.807, 2.05) is 13.0 Å². The van der Waals surface area contributed by atoms with Gasteiger partial charge in [0.05, 0.1) is 12.2 Å². The van der Waals surface area contributed by atoms with E-state index in [1.54, 1.807) is 18.6 Å². The maximum atomic E-state index is 5.51. The summed E-state index contributed by atoms with van der Waals surface area (Å²) in [7, 11) is 0. The van der Waals surface area contributed by atoms with E-state index in [0.29, 0.717) is 0 Å². The Kier molecular flexibility index (Phi) is 2.70. The number of aryl methyl sites for hydroxylation is 1. The maximum absolute atomic E-state index is 5.51. The smallest absolute Gasteiger partial charge is 0.105 e. The minimum Gasteiger partial charge on any atom is -0.271 e. The van der Waals surface area contributed by atoms with Crippen molar-refractivity contribution in [2.45, 2.75) is 13.0 Å². The first-order chi connectivity index (χ1) is 7.33. The van der Waals surface area contributed by atoms with Crippen LogP contribution in [0.2, 0.25) is 0 Å². The molecule has 2 aromatic rings. The lowest BCUT2D eigenvalue weighted by atomic mass is 10.0. The SMILES string of the molecule is Cc1ccncc1C(NN)c1cn[nH]n1. The van der Waals surface area contributed by atoms with E-state index in [1.165, 1.54) is 0 Å². The number of H-pyrrole nitrogens is 1. The van der Waals surface area contributed by atoms with Crippen molar-refractivity contribution in [1.82, 2.24) is 25.8 Å². The first kappa shape index (κ1) is 9.75. The highest BCUT2D eigenvalue weighted by molar-refractivity contribution is 5.30. The van der Waals surface area contributed by atoms with Gasteiger partial charge in [-0.2, -0.15) is 15.4 Å². The molecule has 0 fully saturated rings. The Hall–Kier alpha value is -1.79. The van der Waals surface area contributed by atoms with Gasteiger partial charge in [0.15, 0.2) is 0 Å². The van der Waals surface area contributed by atoms with Gasteiger partial charge in [0.1, 0.15) is 5.69 Å². The lowest BCUT2D eigenvalue weighted by Gasteiger charge is -2.14. The number of nitrogens with one attached hydrogen (secondary N) is 2. The fourth-order valence-electron chi connectivity index (χ4n) is 1.46. The molecule has 2 heterocycles. The lowest BCUT2D eigenvalue weighted by molar-refractivity contribution is 0.613. The third kappa shape index (κ3) is 1.85. The number of hydrazine groups is 1. The van der Waals surface area contributed by atoms with Gasteiger partial charge < -0.3 is 0 Å². The summed E-state index contributed by atoms with van der Waals surface area (Å²) in [6, 6.07) is 1.75. The maximum Gasteiger partial charge on any atom is 0.105 e. The van der Waals surface area contributed by atoms with E-state index >= 15 is 0 Å². The number of rotatable bonds is 3. The van der Waals surface area contributed by atoms with Gasteiger partial charge in [-0.1, -0.05) is 0 Å². The first-order valence-corrected chi connectivity index (χ1v) is 4.55. The topological polar surface area (TPSA) is 92.5 Å². The molecule has 0 aliphatic heterocycles. The Balaban J connectivity index is 2.40. The number of nitrogens with zero attached hydrogens (tertiary/aromatic N) is 3. The van der Waals surface area contributed by atoms with Crippen molar-refractivity contribution in [2.24, 2.45) is 5.84 Å². The molecule has 0 aliphatic rings. The first-order valence-electron chi connectivity index (χ1n) is 4.55. The van der Waals surface area contributed by atoms with Crippen LogP contribution in [0.5, 0.6) is 0 Å². The van der Waals surface area contributed by atoms with E-state index in [0.717, 1.165) is 16.8 Å². The second-order valence-corrected chi connectivity index (χ2v) is 3.23. The molecule has 1 unspecified atom stereocenters. The molecule has 0 amide bonds. The van der Waals surface area contributed by atoms with Gasteiger partial charge >= 0.3 is 0 Å². The van der Waals surface area contributed by atoms with Gasteiger partial charge in [-0.15, -0.1) is 0 Å². The summed E-state index contributed by atoms with van der Waals surface area (Å²) in [5.74, 6) is 5.51. The molecule has 15 heavy (non-hydrogen) atoms. The minimum absolute atomic E-state index is 0.183. The summed E-state index contributed by atoms with van der Waals surface area (Å²) in [4.78, 5) is 4.07. The van der Waals surface area contributed by atoms with Gasteiger partial charge in [0.25, 0.3) is 0 Å². The third-order valence-electron chi connectivity index (χ3n) is 2.29. The van der Waals surface area contributed by atoms with Crippen molar-refractivity contribution in [2.75, 3.05) is 0 Å². The molecule has 0 aromatic carbocycles. The Labute approximate surface area is 86.9 Å². The summed E-state index contributed by atoms with van der Waals surface area (Å²) in [5, 5.41) is 10.3. The zero-order chi connectivity index (χ0) is 10.7. The highest BCUT2D eigenvalue weighted by Gasteiger charge is 2.16. The molecule has 1 atom stereocenters. The van der Waals surface area contributed by atoms with Crippen LogP contribution >= 0.6 is 0 Å². The number of pyridine rings is 1. The van der Waals surface area contributed by atoms with Crippen molar-refractivity contribution in [3.63, 3.8) is 0 Å². The van der Waals surface area contributed by atoms with Crippen molar-refractivity contribution in [1.29, 1.82) is 0 Å². The van der Waals surface area contributed by atoms with E-state index in [4.69, 9.17) is 5.84 Å². The van der Waals surface area contributed by atoms with Crippen LogP contribution < -0.4 is 11.3 Å². The molecule has 6 nitrogen and oxygen atoms in total. The monoisotopic (exact) mass is 204 g/mol. The molecule has 0 bridgehead atoms. The summed E-state index contributed by atoms with van der Waals surface area (Å²) >= 11 is 0. The molecule has 0 radical (unpaired) electrons. The molecule has 0 spiro atoms. The molecule has 0 saturated heterocycles. The van der Waals surface area contributed by atoms with Crippen molar-refractivity contribution < 1.29 is 0 Å². The Morgan fingerprint density at radius 3 is 2.93 bits per heavy atom. The van der Waals surface area contributed by atoms with Gasteiger partial charge in [0.2, 0.25) is 0 Å². The number of hydrogen-bond acceptors (Lipinski definition) is 5. The molecule has 0 aliphatic carbocycles. The van der Waals surface area contributed by atoms with E-state index in [-0.39, 0.29) is 6.04 Å². The van der Waals surface area contributed by atoms with Crippen LogP contribution in [0.15, 0.2) is 24.7 Å². The third-order valence-corrected chi connectivity index (χ3v) is 2.29. The minimum atomic E-state index is -0.183. The number of aromatic nitrogens is 4. The lowest BCUT2D eigenvalue weighted by Crippen LogP contribution is -2.29. The quantitative estimate of drug-likeness (QED) is 0.485. The largest absolute Gasteiger partial charge is 0.271 e. The predicted molar refractivity (Wildman–Crippen MR) is 54.5 cm³/mol. The summed E-state index contributed by atoms with van der Waals surface area (Å²) < 4.78 is 0. The second-order valence-electron chi connectivity index (χ2n) is 3.23. The summed E-state index contributed by atoms with van der Waals surface area (Å²) in [6.07, 6.45) is 5.15. The van der Waals surface area contributed by atoms with Gasteiger partial charge in [-0.05, 0) is 24.1 Å². The highest BCUT2D eigenvalue weighted by Crippen LogP contribution is 2.20. The van der Waals surface area contributed by atoms with Crippen molar-refractivity contribution >= 4 is 0 Å². The Morgan fingerprint density at radius 1 is 1.47 bits per heavy atom. The van der Waals surface area contributed by atoms with Crippen LogP contribution in [0.1, 0.15) is 22.9 Å². The number of aromatic amines is 1. The normalized spacial score (nSPS) is 12.7. The average molecular weight is 204 g/mol. The number of hydrogen-bond donors (Lipinski definition) is 3. The Morgan fingerprint density at radius 2 is 2.33 bits per heavy atom. The molecular formula is C9H12N6. The standard InChI is InChI=1S/C9H12N6/c1-6-2-3-11-4-7(6)9(13-10)8-5-12-15-14-8/h2-5,9,13H,10H2,1H3,(H,12,14,15). The van der Waals surface area contributed by atoms with E-state index < -0.39 is 0 Å². The molecule has 2 aromatic heterocycles. The van der Waals surface area contributed by atoms with Crippen LogP contribution in [-0.4, -0.2) is 20.4 Å². The van der Waals surface area contributed by atoms with Crippen LogP contribution in [0, 0.1) is 6.92 Å². The second kappa shape index (κ2) is 4.16. The molecule has 78 valence electrons. The molecular weight excluding hydrogens is 192 g/mol. The molecule has 2 rings (SSSR count). The van der Waals surface area contributed by atoms with Crippen molar-refractivity contribution in [3.05, 3.63) is 41.5 Å². The average Bonchev–Trinajstić information content (AvgIpc) is 2.75. The van der Waals surface area contributed by atoms with Gasteiger partial charge in [0, 0.05) is 12.4 Å². The van der Waals surface area contributed by atoms with E-state index in [2.05, 4.69) is 25.8 Å². The number of nitrogens with two attached hydrogens (primary N) is 1. The van der Waals surface area contributed by atoms with Crippen molar-refractivity contribution in [3.8, 4) is 0 Å². The molecule has 4 N–H and O–H groups in total. The van der Waals surface area contributed by atoms with E-state index in [9.17, 15) is 0 Å².